The molecule has 2 aromatic rings. The van der Waals surface area contributed by atoms with Crippen LogP contribution in [0.15, 0.2) is 30.4 Å². The molecule has 6 heteroatoms. The lowest BCUT2D eigenvalue weighted by Gasteiger charge is -2.19. The van der Waals surface area contributed by atoms with Gasteiger partial charge in [0, 0.05) is 36.8 Å². The summed E-state index contributed by atoms with van der Waals surface area (Å²) < 4.78 is 0. The van der Waals surface area contributed by atoms with E-state index in [0.717, 1.165) is 47.9 Å². The van der Waals surface area contributed by atoms with E-state index in [4.69, 9.17) is 0 Å². The van der Waals surface area contributed by atoms with Crippen molar-refractivity contribution in [3.8, 4) is 0 Å². The minimum atomic E-state index is -0.133. The summed E-state index contributed by atoms with van der Waals surface area (Å²) >= 11 is 0. The Bertz CT molecular complexity index is 794. The van der Waals surface area contributed by atoms with Gasteiger partial charge in [-0.2, -0.15) is 0 Å². The molecule has 3 rings (SSSR count). The third-order valence-electron chi connectivity index (χ3n) is 4.20. The summed E-state index contributed by atoms with van der Waals surface area (Å²) in [7, 11) is 3.93. The highest BCUT2D eigenvalue weighted by atomic mass is 16.1. The fraction of sp³-hybridized carbons (Fsp3) is 0.421. The van der Waals surface area contributed by atoms with Crippen molar-refractivity contribution in [1.82, 2.24) is 14.9 Å². The lowest BCUT2D eigenvalue weighted by Crippen LogP contribution is -2.20. The molecule has 0 radical (unpaired) electrons. The number of nitrogens with one attached hydrogen (secondary N) is 1. The van der Waals surface area contributed by atoms with E-state index in [0.29, 0.717) is 0 Å². The lowest BCUT2D eigenvalue weighted by atomic mass is 10.2. The zero-order chi connectivity index (χ0) is 17.8. The van der Waals surface area contributed by atoms with Crippen LogP contribution in [0.4, 0.5) is 11.5 Å². The zero-order valence-electron chi connectivity index (χ0n) is 15.1. The Morgan fingerprint density at radius 2 is 2.04 bits per heavy atom. The van der Waals surface area contributed by atoms with Crippen LogP contribution in [0.2, 0.25) is 0 Å². The van der Waals surface area contributed by atoms with Gasteiger partial charge in [0.2, 0.25) is 5.91 Å². The average molecular weight is 339 g/mol. The highest BCUT2D eigenvalue weighted by Crippen LogP contribution is 2.28. The summed E-state index contributed by atoms with van der Waals surface area (Å²) in [5.41, 5.74) is 1.61. The molecule has 0 unspecified atom stereocenters. The maximum atomic E-state index is 12.0. The molecular weight excluding hydrogens is 314 g/mol. The van der Waals surface area contributed by atoms with Gasteiger partial charge in [0.15, 0.2) is 0 Å². The van der Waals surface area contributed by atoms with Crippen molar-refractivity contribution in [1.29, 1.82) is 0 Å². The number of aryl methyl sites for hydroxylation is 1. The maximum Gasteiger partial charge on any atom is 0.248 e. The predicted molar refractivity (Wildman–Crippen MR) is 102 cm³/mol. The molecule has 0 saturated carbocycles. The molecule has 1 amide bonds. The number of hydrogen-bond donors (Lipinski definition) is 1. The number of hydrogen-bond acceptors (Lipinski definition) is 5. The molecule has 6 nitrogen and oxygen atoms in total. The molecular formula is C19H25N5O. The van der Waals surface area contributed by atoms with E-state index in [1.807, 2.05) is 50.2 Å². The second kappa shape index (κ2) is 7.61. The van der Waals surface area contributed by atoms with E-state index in [9.17, 15) is 4.79 Å². The SMILES string of the molecule is Cc1nc(N2CCCC2)c2ccc(NC(=O)/C=C/CN(C)C)cc2n1. The number of aromatic nitrogens is 2. The molecule has 0 spiro atoms. The van der Waals surface area contributed by atoms with E-state index in [1.165, 1.54) is 12.8 Å². The number of carbonyl (C=O) groups is 1. The first-order chi connectivity index (χ1) is 12.0. The molecule has 1 fully saturated rings. The number of fused-ring (bicyclic) bond motifs is 1. The lowest BCUT2D eigenvalue weighted by molar-refractivity contribution is -0.111. The van der Waals surface area contributed by atoms with Gasteiger partial charge in [-0.25, -0.2) is 9.97 Å². The Kier molecular flexibility index (Phi) is 5.28. The summed E-state index contributed by atoms with van der Waals surface area (Å²) in [4.78, 5) is 25.5. The Morgan fingerprint density at radius 1 is 1.28 bits per heavy atom. The van der Waals surface area contributed by atoms with E-state index >= 15 is 0 Å². The standard InChI is InChI=1S/C19H25N5O/c1-14-20-17-13-15(22-18(25)7-6-10-23(2)3)8-9-16(17)19(21-14)24-11-4-5-12-24/h6-9,13H,4-5,10-12H2,1-3H3,(H,22,25)/b7-6+. The van der Waals surface area contributed by atoms with E-state index in [-0.39, 0.29) is 5.91 Å². The van der Waals surface area contributed by atoms with Crippen LogP contribution in [0.5, 0.6) is 0 Å². The van der Waals surface area contributed by atoms with Gasteiger partial charge >= 0.3 is 0 Å². The maximum absolute atomic E-state index is 12.0. The minimum absolute atomic E-state index is 0.133. The van der Waals surface area contributed by atoms with Crippen LogP contribution in [0.25, 0.3) is 10.9 Å². The van der Waals surface area contributed by atoms with Crippen molar-refractivity contribution >= 4 is 28.3 Å². The van der Waals surface area contributed by atoms with Gasteiger partial charge in [-0.3, -0.25) is 4.79 Å². The van der Waals surface area contributed by atoms with Gasteiger partial charge in [-0.15, -0.1) is 0 Å². The van der Waals surface area contributed by atoms with Crippen molar-refractivity contribution in [2.24, 2.45) is 0 Å². The summed E-state index contributed by atoms with van der Waals surface area (Å²) in [6.45, 7) is 4.73. The molecule has 1 aromatic heterocycles. The first-order valence-corrected chi connectivity index (χ1v) is 8.68. The normalized spacial score (nSPS) is 14.8. The molecule has 0 aliphatic carbocycles. The van der Waals surface area contributed by atoms with Gasteiger partial charge in [0.1, 0.15) is 11.6 Å². The van der Waals surface area contributed by atoms with Gasteiger partial charge < -0.3 is 15.1 Å². The highest BCUT2D eigenvalue weighted by molar-refractivity contribution is 6.01. The molecule has 1 aliphatic heterocycles. The summed E-state index contributed by atoms with van der Waals surface area (Å²) in [6.07, 6.45) is 5.81. The van der Waals surface area contributed by atoms with Crippen LogP contribution in [-0.4, -0.2) is 54.5 Å². The second-order valence-corrected chi connectivity index (χ2v) is 6.67. The fourth-order valence-electron chi connectivity index (χ4n) is 3.03. The highest BCUT2D eigenvalue weighted by Gasteiger charge is 2.17. The largest absolute Gasteiger partial charge is 0.356 e. The van der Waals surface area contributed by atoms with Crippen molar-refractivity contribution < 1.29 is 4.79 Å². The Labute approximate surface area is 148 Å². The Hall–Kier alpha value is -2.47. The summed E-state index contributed by atoms with van der Waals surface area (Å²) in [5.74, 6) is 1.62. The van der Waals surface area contributed by atoms with Crippen LogP contribution in [0, 0.1) is 6.92 Å². The number of likely N-dealkylation sites (N-methyl/N-ethyl adjacent to an activating group) is 1. The molecule has 1 N–H and O–H groups in total. The third-order valence-corrected chi connectivity index (χ3v) is 4.20. The number of amides is 1. The molecule has 1 aliphatic rings. The third kappa shape index (κ3) is 4.33. The van der Waals surface area contributed by atoms with Gasteiger partial charge in [0.25, 0.3) is 0 Å². The molecule has 0 bridgehead atoms. The fourth-order valence-corrected chi connectivity index (χ4v) is 3.03. The second-order valence-electron chi connectivity index (χ2n) is 6.67. The average Bonchev–Trinajstić information content (AvgIpc) is 3.07. The van der Waals surface area contributed by atoms with Gasteiger partial charge in [-0.05, 0) is 52.1 Å². The number of nitrogens with zero attached hydrogens (tertiary/aromatic N) is 4. The van der Waals surface area contributed by atoms with Crippen LogP contribution in [0.3, 0.4) is 0 Å². The van der Waals surface area contributed by atoms with Crippen LogP contribution in [0.1, 0.15) is 18.7 Å². The number of anilines is 2. The quantitative estimate of drug-likeness (QED) is 0.849. The van der Waals surface area contributed by atoms with Crippen molar-refractivity contribution in [2.75, 3.05) is 43.9 Å². The first-order valence-electron chi connectivity index (χ1n) is 8.68. The van der Waals surface area contributed by atoms with E-state index in [1.54, 1.807) is 6.08 Å². The molecule has 132 valence electrons. The van der Waals surface area contributed by atoms with Crippen molar-refractivity contribution in [2.45, 2.75) is 19.8 Å². The minimum Gasteiger partial charge on any atom is -0.356 e. The first kappa shape index (κ1) is 17.4. The summed E-state index contributed by atoms with van der Waals surface area (Å²) in [5, 5.41) is 3.93. The number of carbonyl (C=O) groups excluding carboxylic acids is 1. The van der Waals surface area contributed by atoms with E-state index < -0.39 is 0 Å². The monoisotopic (exact) mass is 339 g/mol. The van der Waals surface area contributed by atoms with Gasteiger partial charge in [0.05, 0.1) is 5.52 Å². The number of benzene rings is 1. The zero-order valence-corrected chi connectivity index (χ0v) is 15.1. The summed E-state index contributed by atoms with van der Waals surface area (Å²) in [6, 6.07) is 5.83. The van der Waals surface area contributed by atoms with Crippen LogP contribution < -0.4 is 10.2 Å². The molecule has 1 saturated heterocycles. The van der Waals surface area contributed by atoms with Crippen molar-refractivity contribution in [3.63, 3.8) is 0 Å². The molecule has 0 atom stereocenters. The molecule has 1 aromatic carbocycles. The number of rotatable bonds is 5. The van der Waals surface area contributed by atoms with E-state index in [2.05, 4.69) is 20.2 Å². The Morgan fingerprint density at radius 3 is 2.76 bits per heavy atom. The smallest absolute Gasteiger partial charge is 0.248 e. The van der Waals surface area contributed by atoms with Crippen LogP contribution >= 0.6 is 0 Å². The van der Waals surface area contributed by atoms with Gasteiger partial charge in [-0.1, -0.05) is 6.08 Å². The van der Waals surface area contributed by atoms with Crippen LogP contribution in [-0.2, 0) is 4.79 Å². The predicted octanol–water partition coefficient (Wildman–Crippen LogP) is 2.59. The molecule has 25 heavy (non-hydrogen) atoms. The Balaban J connectivity index is 1.82. The topological polar surface area (TPSA) is 61.4 Å². The van der Waals surface area contributed by atoms with Crippen molar-refractivity contribution in [3.05, 3.63) is 36.2 Å². The molecule has 2 heterocycles.